The lowest BCUT2D eigenvalue weighted by Gasteiger charge is -2.49. The highest BCUT2D eigenvalue weighted by Gasteiger charge is 2.60. The normalized spacial score (nSPS) is 31.0. The SMILES string of the molecule is CCCC1CC2C(c3cc4ccccc4c4ccccc34)CCCC2C1[Si](C)(C)C1C(CCC)CC2C(c3cc4ccccc4c4ccccc34)CCCC21. The van der Waals surface area contributed by atoms with Gasteiger partial charge in [0.05, 0.1) is 8.07 Å². The van der Waals surface area contributed by atoms with E-state index in [-0.39, 0.29) is 0 Å². The van der Waals surface area contributed by atoms with Gasteiger partial charge in [-0.3, -0.25) is 0 Å². The van der Waals surface area contributed by atoms with Crippen LogP contribution in [-0.2, 0) is 0 Å². The van der Waals surface area contributed by atoms with E-state index in [1.165, 1.54) is 120 Å². The third-order valence-electron chi connectivity index (χ3n) is 16.8. The van der Waals surface area contributed by atoms with Crippen molar-refractivity contribution < 1.29 is 0 Å². The number of fused-ring (bicyclic) bond motifs is 8. The Hall–Kier alpha value is -3.42. The van der Waals surface area contributed by atoms with Gasteiger partial charge in [0.2, 0.25) is 0 Å². The smallest absolute Gasteiger partial charge is 0.0547 e. The monoisotopic (exact) mass is 740 g/mol. The largest absolute Gasteiger partial charge is 0.0689 e. The van der Waals surface area contributed by atoms with Gasteiger partial charge in [-0.2, -0.15) is 0 Å². The molecule has 6 aromatic carbocycles. The van der Waals surface area contributed by atoms with Gasteiger partial charge in [-0.1, -0.05) is 188 Å². The molecule has 4 aliphatic carbocycles. The van der Waals surface area contributed by atoms with Crippen LogP contribution in [0.1, 0.15) is 114 Å². The van der Waals surface area contributed by atoms with E-state index in [1.807, 2.05) is 0 Å². The second-order valence-electron chi connectivity index (χ2n) is 19.6. The van der Waals surface area contributed by atoms with Gasteiger partial charge in [-0.25, -0.2) is 0 Å². The van der Waals surface area contributed by atoms with Crippen molar-refractivity contribution in [2.45, 2.75) is 127 Å². The van der Waals surface area contributed by atoms with Crippen LogP contribution in [0.4, 0.5) is 0 Å². The van der Waals surface area contributed by atoms with Gasteiger partial charge in [-0.05, 0) is 138 Å². The molecule has 10 rings (SSSR count). The molecule has 0 heterocycles. The Morgan fingerprint density at radius 2 is 0.836 bits per heavy atom. The predicted molar refractivity (Wildman–Crippen MR) is 241 cm³/mol. The van der Waals surface area contributed by atoms with Crippen LogP contribution in [0, 0.1) is 35.5 Å². The molecule has 10 unspecified atom stereocenters. The standard InChI is InChI=1S/C54H64Si/c1-5-17-37-33-51-45(49-31-35-19-7-9-21-39(35)41-23-11-13-25-43(41)49)27-15-29-47(51)53(37)55(3,4)54-38(18-6-2)34-52-46(28-16-30-48(52)54)50-32-36-20-8-10-22-40(36)42-24-12-14-26-44(42)50/h7-14,19-26,31-32,37-38,45-48,51-54H,5-6,15-18,27-30,33-34H2,1-4H3. The number of hydrogen-bond acceptors (Lipinski definition) is 0. The lowest BCUT2D eigenvalue weighted by molar-refractivity contribution is 0.227. The highest BCUT2D eigenvalue weighted by Crippen LogP contribution is 2.69. The molecule has 284 valence electrons. The van der Waals surface area contributed by atoms with Crippen LogP contribution in [0.2, 0.25) is 24.2 Å². The minimum atomic E-state index is -1.71. The minimum Gasteiger partial charge on any atom is -0.0689 e. The van der Waals surface area contributed by atoms with E-state index < -0.39 is 8.07 Å². The number of hydrogen-bond donors (Lipinski definition) is 0. The number of rotatable bonds is 8. The van der Waals surface area contributed by atoms with Gasteiger partial charge in [0, 0.05) is 0 Å². The minimum absolute atomic E-state index is 0.699. The summed E-state index contributed by atoms with van der Waals surface area (Å²) in [6.45, 7) is 10.9. The molecule has 10 atom stereocenters. The Kier molecular flexibility index (Phi) is 9.48. The van der Waals surface area contributed by atoms with Gasteiger partial charge in [0.25, 0.3) is 0 Å². The van der Waals surface area contributed by atoms with E-state index >= 15 is 0 Å². The van der Waals surface area contributed by atoms with Crippen molar-refractivity contribution in [1.82, 2.24) is 0 Å². The van der Waals surface area contributed by atoms with Crippen LogP contribution in [0.15, 0.2) is 109 Å². The van der Waals surface area contributed by atoms with Crippen LogP contribution in [-0.4, -0.2) is 8.07 Å². The molecule has 0 amide bonds. The van der Waals surface area contributed by atoms with E-state index in [2.05, 4.69) is 136 Å². The zero-order valence-corrected chi connectivity index (χ0v) is 35.2. The Morgan fingerprint density at radius 3 is 1.25 bits per heavy atom. The lowest BCUT2D eigenvalue weighted by atomic mass is 9.69. The van der Waals surface area contributed by atoms with Crippen molar-refractivity contribution in [2.24, 2.45) is 35.5 Å². The Morgan fingerprint density at radius 1 is 0.455 bits per heavy atom. The summed E-state index contributed by atoms with van der Waals surface area (Å²) in [5.74, 6) is 6.74. The van der Waals surface area contributed by atoms with Gasteiger partial charge in [0.1, 0.15) is 0 Å². The summed E-state index contributed by atoms with van der Waals surface area (Å²) in [6.07, 6.45) is 17.1. The molecule has 0 aromatic heterocycles. The summed E-state index contributed by atoms with van der Waals surface area (Å²) < 4.78 is 0. The fourth-order valence-electron chi connectivity index (χ4n) is 15.3. The summed E-state index contributed by atoms with van der Waals surface area (Å²) in [5, 5.41) is 11.8. The van der Waals surface area contributed by atoms with Crippen LogP contribution >= 0.6 is 0 Å². The topological polar surface area (TPSA) is 0 Å². The van der Waals surface area contributed by atoms with Crippen LogP contribution in [0.25, 0.3) is 43.1 Å². The van der Waals surface area contributed by atoms with Crippen LogP contribution in [0.5, 0.6) is 0 Å². The Labute approximate surface area is 332 Å². The molecule has 0 bridgehead atoms. The first-order valence-electron chi connectivity index (χ1n) is 22.8. The molecule has 0 aliphatic heterocycles. The molecule has 55 heavy (non-hydrogen) atoms. The first kappa shape index (κ1) is 36.0. The van der Waals surface area contributed by atoms with Gasteiger partial charge in [-0.15, -0.1) is 0 Å². The van der Waals surface area contributed by atoms with Crippen molar-refractivity contribution in [3.05, 3.63) is 120 Å². The van der Waals surface area contributed by atoms with E-state index in [0.29, 0.717) is 11.8 Å². The van der Waals surface area contributed by atoms with E-state index in [9.17, 15) is 0 Å². The fraction of sp³-hybridized carbons (Fsp3) is 0.481. The molecular weight excluding hydrogens is 677 g/mol. The molecular formula is C54H64Si. The maximum atomic E-state index is 2.97. The fourth-order valence-corrected chi connectivity index (χ4v) is 21.8. The highest BCUT2D eigenvalue weighted by molar-refractivity contribution is 6.80. The van der Waals surface area contributed by atoms with Gasteiger partial charge < -0.3 is 0 Å². The quantitative estimate of drug-likeness (QED) is 0.108. The summed E-state index contributed by atoms with van der Waals surface area (Å²) in [4.78, 5) is 0. The average molecular weight is 741 g/mol. The summed E-state index contributed by atoms with van der Waals surface area (Å²) in [5.41, 5.74) is 5.30. The lowest BCUT2D eigenvalue weighted by Crippen LogP contribution is -2.47. The summed E-state index contributed by atoms with van der Waals surface area (Å²) in [6, 6.07) is 42.6. The Bertz CT molecular complexity index is 2170. The second-order valence-corrected chi connectivity index (χ2v) is 24.6. The third-order valence-corrected chi connectivity index (χ3v) is 22.0. The molecule has 4 aliphatic rings. The Balaban J connectivity index is 1.03. The van der Waals surface area contributed by atoms with E-state index in [1.54, 1.807) is 11.1 Å². The zero-order valence-electron chi connectivity index (χ0n) is 34.2. The molecule has 0 nitrogen and oxygen atoms in total. The summed E-state index contributed by atoms with van der Waals surface area (Å²) >= 11 is 0. The highest BCUT2D eigenvalue weighted by atomic mass is 28.3. The van der Waals surface area contributed by atoms with Crippen molar-refractivity contribution in [3.63, 3.8) is 0 Å². The van der Waals surface area contributed by atoms with Crippen molar-refractivity contribution in [3.8, 4) is 0 Å². The van der Waals surface area contributed by atoms with Crippen molar-refractivity contribution >= 4 is 51.2 Å². The number of benzene rings is 6. The molecule has 4 fully saturated rings. The average Bonchev–Trinajstić information content (AvgIpc) is 3.80. The zero-order chi connectivity index (χ0) is 37.3. The second kappa shape index (κ2) is 14.5. The van der Waals surface area contributed by atoms with E-state index in [0.717, 1.165) is 46.6 Å². The van der Waals surface area contributed by atoms with E-state index in [4.69, 9.17) is 0 Å². The summed E-state index contributed by atoms with van der Waals surface area (Å²) in [7, 11) is -1.71. The molecule has 0 saturated heterocycles. The third kappa shape index (κ3) is 5.87. The van der Waals surface area contributed by atoms with Crippen LogP contribution < -0.4 is 0 Å². The molecule has 0 N–H and O–H groups in total. The maximum absolute atomic E-state index is 2.97. The first-order chi connectivity index (χ1) is 27.0. The predicted octanol–water partition coefficient (Wildman–Crippen LogP) is 16.1. The first-order valence-corrected chi connectivity index (χ1v) is 25.9. The van der Waals surface area contributed by atoms with Crippen LogP contribution in [0.3, 0.4) is 0 Å². The molecule has 0 radical (unpaired) electrons. The maximum Gasteiger partial charge on any atom is 0.0547 e. The molecule has 1 heteroatoms. The molecule has 6 aromatic rings. The van der Waals surface area contributed by atoms with Crippen molar-refractivity contribution in [2.75, 3.05) is 0 Å². The van der Waals surface area contributed by atoms with Gasteiger partial charge in [0.15, 0.2) is 0 Å². The van der Waals surface area contributed by atoms with Gasteiger partial charge >= 0.3 is 0 Å². The van der Waals surface area contributed by atoms with Crippen molar-refractivity contribution in [1.29, 1.82) is 0 Å². The molecule has 4 saturated carbocycles. The molecule has 0 spiro atoms.